The van der Waals surface area contributed by atoms with Gasteiger partial charge in [0.1, 0.15) is 11.4 Å². The van der Waals surface area contributed by atoms with E-state index in [2.05, 4.69) is 43.3 Å². The Labute approximate surface area is 250 Å². The van der Waals surface area contributed by atoms with Crippen molar-refractivity contribution in [2.24, 2.45) is 5.92 Å². The van der Waals surface area contributed by atoms with Gasteiger partial charge in [-0.1, -0.05) is 6.07 Å². The number of anilines is 1. The van der Waals surface area contributed by atoms with Crippen LogP contribution in [-0.2, 0) is 0 Å². The van der Waals surface area contributed by atoms with Crippen molar-refractivity contribution in [1.82, 2.24) is 29.9 Å². The van der Waals surface area contributed by atoms with Crippen LogP contribution < -0.4 is 15.4 Å². The van der Waals surface area contributed by atoms with Gasteiger partial charge in [-0.15, -0.1) is 0 Å². The van der Waals surface area contributed by atoms with E-state index in [0.717, 1.165) is 47.4 Å². The van der Waals surface area contributed by atoms with Crippen LogP contribution in [0.3, 0.4) is 0 Å². The Morgan fingerprint density at radius 1 is 1.05 bits per heavy atom. The maximum Gasteiger partial charge on any atom is 0.274 e. The van der Waals surface area contributed by atoms with E-state index in [1.165, 1.54) is 71.2 Å². The maximum atomic E-state index is 12.9. The van der Waals surface area contributed by atoms with Gasteiger partial charge in [0.05, 0.1) is 24.4 Å². The van der Waals surface area contributed by atoms with Gasteiger partial charge in [-0.25, -0.2) is 4.98 Å². The molecule has 0 atom stereocenters. The zero-order valence-electron chi connectivity index (χ0n) is 25.5. The third-order valence-corrected chi connectivity index (χ3v) is 9.90. The molecule has 226 valence electrons. The van der Waals surface area contributed by atoms with Gasteiger partial charge in [-0.2, -0.15) is 5.10 Å². The summed E-state index contributed by atoms with van der Waals surface area (Å²) in [5.41, 5.74) is 2.71. The van der Waals surface area contributed by atoms with Crippen molar-refractivity contribution in [3.63, 3.8) is 0 Å². The molecular formula is C33H47N7O2. The fourth-order valence-electron chi connectivity index (χ4n) is 7.39. The molecular weight excluding hydrogens is 526 g/mol. The van der Waals surface area contributed by atoms with E-state index in [1.54, 1.807) is 13.2 Å². The van der Waals surface area contributed by atoms with Crippen molar-refractivity contribution in [2.45, 2.75) is 76.4 Å². The predicted molar refractivity (Wildman–Crippen MR) is 167 cm³/mol. The lowest BCUT2D eigenvalue weighted by atomic mass is 9.85. The number of aryl methyl sites for hydroxylation is 1. The molecule has 2 saturated heterocycles. The molecule has 4 heterocycles. The highest BCUT2D eigenvalue weighted by Gasteiger charge is 2.30. The van der Waals surface area contributed by atoms with Gasteiger partial charge in [-0.3, -0.25) is 9.48 Å². The molecule has 3 aromatic rings. The minimum absolute atomic E-state index is 0.251. The minimum Gasteiger partial charge on any atom is -0.494 e. The fourth-order valence-corrected chi connectivity index (χ4v) is 7.39. The number of fused-ring (bicyclic) bond motifs is 1. The number of benzene rings is 1. The monoisotopic (exact) mass is 573 g/mol. The second-order valence-electron chi connectivity index (χ2n) is 12.7. The smallest absolute Gasteiger partial charge is 0.274 e. The number of ether oxygens (including phenoxy) is 1. The third-order valence-electron chi connectivity index (χ3n) is 9.90. The maximum absolute atomic E-state index is 12.9. The molecule has 9 nitrogen and oxygen atoms in total. The first-order valence-corrected chi connectivity index (χ1v) is 15.9. The van der Waals surface area contributed by atoms with E-state index < -0.39 is 0 Å². The Bertz CT molecular complexity index is 1350. The summed E-state index contributed by atoms with van der Waals surface area (Å²) in [7, 11) is 3.98. The Morgan fingerprint density at radius 3 is 2.52 bits per heavy atom. The zero-order chi connectivity index (χ0) is 29.1. The number of piperidine rings is 2. The van der Waals surface area contributed by atoms with Crippen LogP contribution in [0.2, 0.25) is 0 Å². The molecule has 0 unspecified atom stereocenters. The summed E-state index contributed by atoms with van der Waals surface area (Å²) in [6, 6.07) is 11.3. The first-order valence-electron chi connectivity index (χ1n) is 15.9. The van der Waals surface area contributed by atoms with E-state index in [0.29, 0.717) is 23.2 Å². The summed E-state index contributed by atoms with van der Waals surface area (Å²) in [6.07, 6.45) is 12.2. The molecule has 0 spiro atoms. The SMILES string of the molecule is COc1cc2nn(C3CCC(CN(C)C4CCN(C5CCNCC5)CC4)CC3)cc2cc1NC(=O)c1cccc(C)n1. The molecule has 2 aliphatic heterocycles. The van der Waals surface area contributed by atoms with E-state index >= 15 is 0 Å². The Kier molecular flexibility index (Phi) is 9.07. The average Bonchev–Trinajstić information content (AvgIpc) is 3.44. The van der Waals surface area contributed by atoms with Gasteiger partial charge >= 0.3 is 0 Å². The standard InChI is InChI=1S/C33H47N7O2/c1-23-5-4-6-29(35-23)33(41)36-31-19-25-22-40(37-30(25)20-32(31)42-3)28-9-7-24(8-10-28)21-38(2)26-13-17-39(18-14-26)27-11-15-34-16-12-27/h4-6,19-20,22,24,26-28,34H,7-18,21H2,1-3H3,(H,36,41). The second-order valence-corrected chi connectivity index (χ2v) is 12.7. The van der Waals surface area contributed by atoms with Crippen LogP contribution in [0.5, 0.6) is 5.75 Å². The number of carbonyl (C=O) groups is 1. The number of hydrogen-bond donors (Lipinski definition) is 2. The first kappa shape index (κ1) is 29.1. The van der Waals surface area contributed by atoms with Gasteiger partial charge in [0, 0.05) is 42.0 Å². The van der Waals surface area contributed by atoms with E-state index in [1.807, 2.05) is 31.2 Å². The van der Waals surface area contributed by atoms with Gasteiger partial charge in [-0.05, 0) is 116 Å². The molecule has 42 heavy (non-hydrogen) atoms. The van der Waals surface area contributed by atoms with Crippen molar-refractivity contribution in [3.05, 3.63) is 47.9 Å². The predicted octanol–water partition coefficient (Wildman–Crippen LogP) is 4.88. The summed E-state index contributed by atoms with van der Waals surface area (Å²) in [6.45, 7) is 7.98. The van der Waals surface area contributed by atoms with Crippen molar-refractivity contribution < 1.29 is 9.53 Å². The second kappa shape index (κ2) is 13.1. The molecule has 1 amide bonds. The number of likely N-dealkylation sites (tertiary alicyclic amines) is 1. The largest absolute Gasteiger partial charge is 0.494 e. The summed E-state index contributed by atoms with van der Waals surface area (Å²) >= 11 is 0. The number of nitrogens with zero attached hydrogens (tertiary/aromatic N) is 5. The van der Waals surface area contributed by atoms with Crippen LogP contribution in [0.15, 0.2) is 36.5 Å². The zero-order valence-corrected chi connectivity index (χ0v) is 25.5. The van der Waals surface area contributed by atoms with E-state index in [-0.39, 0.29) is 5.91 Å². The number of nitrogens with one attached hydrogen (secondary N) is 2. The van der Waals surface area contributed by atoms with Gasteiger partial charge in [0.25, 0.3) is 5.91 Å². The van der Waals surface area contributed by atoms with Gasteiger partial charge < -0.3 is 25.2 Å². The number of carbonyl (C=O) groups excluding carboxylic acids is 1. The molecule has 3 aliphatic rings. The Hall–Kier alpha value is -3.01. The molecule has 1 aromatic carbocycles. The number of pyridine rings is 1. The number of methoxy groups -OCH3 is 1. The molecule has 1 aliphatic carbocycles. The normalized spacial score (nSPS) is 23.0. The lowest BCUT2D eigenvalue weighted by Crippen LogP contribution is -2.50. The lowest BCUT2D eigenvalue weighted by molar-refractivity contribution is 0.0723. The average molecular weight is 574 g/mol. The van der Waals surface area contributed by atoms with Crippen molar-refractivity contribution in [3.8, 4) is 5.75 Å². The molecule has 6 rings (SSSR count). The molecule has 3 fully saturated rings. The first-order chi connectivity index (χ1) is 20.5. The molecule has 2 aromatic heterocycles. The molecule has 2 N–H and O–H groups in total. The summed E-state index contributed by atoms with van der Waals surface area (Å²) in [4.78, 5) is 22.6. The minimum atomic E-state index is -0.251. The van der Waals surface area contributed by atoms with Crippen molar-refractivity contribution >= 4 is 22.5 Å². The lowest BCUT2D eigenvalue weighted by Gasteiger charge is -2.42. The molecule has 0 radical (unpaired) electrons. The van der Waals surface area contributed by atoms with Gasteiger partial charge in [0.2, 0.25) is 0 Å². The molecule has 0 bridgehead atoms. The van der Waals surface area contributed by atoms with Crippen LogP contribution in [0.1, 0.15) is 73.6 Å². The van der Waals surface area contributed by atoms with Crippen molar-refractivity contribution in [1.29, 1.82) is 0 Å². The third kappa shape index (κ3) is 6.63. The number of amides is 1. The quantitative estimate of drug-likeness (QED) is 0.397. The molecule has 9 heteroatoms. The van der Waals surface area contributed by atoms with Crippen molar-refractivity contribution in [2.75, 3.05) is 52.2 Å². The highest BCUT2D eigenvalue weighted by Crippen LogP contribution is 2.36. The summed E-state index contributed by atoms with van der Waals surface area (Å²) in [5.74, 6) is 1.11. The number of hydrogen-bond acceptors (Lipinski definition) is 7. The van der Waals surface area contributed by atoms with Crippen LogP contribution in [-0.4, -0.2) is 89.4 Å². The van der Waals surface area contributed by atoms with Gasteiger partial charge in [0.15, 0.2) is 0 Å². The summed E-state index contributed by atoms with van der Waals surface area (Å²) < 4.78 is 7.76. The number of aromatic nitrogens is 3. The van der Waals surface area contributed by atoms with Crippen LogP contribution in [0.25, 0.3) is 10.9 Å². The van der Waals surface area contributed by atoms with Crippen LogP contribution >= 0.6 is 0 Å². The van der Waals surface area contributed by atoms with E-state index in [4.69, 9.17) is 9.84 Å². The number of rotatable bonds is 8. The summed E-state index contributed by atoms with van der Waals surface area (Å²) in [5, 5.41) is 12.4. The highest BCUT2D eigenvalue weighted by molar-refractivity contribution is 6.05. The topological polar surface area (TPSA) is 87.5 Å². The van der Waals surface area contributed by atoms with E-state index in [9.17, 15) is 4.79 Å². The Balaban J connectivity index is 1.02. The molecule has 1 saturated carbocycles. The fraction of sp³-hybridized carbons (Fsp3) is 0.606. The van der Waals surface area contributed by atoms with Crippen LogP contribution in [0.4, 0.5) is 5.69 Å². The Morgan fingerprint density at radius 2 is 1.81 bits per heavy atom. The highest BCUT2D eigenvalue weighted by atomic mass is 16.5. The van der Waals surface area contributed by atoms with Crippen LogP contribution in [0, 0.1) is 12.8 Å².